The Kier molecular flexibility index (Phi) is 4.00. The van der Waals surface area contributed by atoms with Crippen LogP contribution in [0, 0.1) is 0 Å². The van der Waals surface area contributed by atoms with Gasteiger partial charge in [-0.05, 0) is 19.3 Å². The van der Waals surface area contributed by atoms with Crippen LogP contribution in [0.4, 0.5) is 0 Å². The second-order valence-electron chi connectivity index (χ2n) is 5.27. The fraction of sp³-hybridized carbons (Fsp3) is 1.00. The minimum absolute atomic E-state index is 0.610. The quantitative estimate of drug-likeness (QED) is 0.637. The van der Waals surface area contributed by atoms with Gasteiger partial charge in [-0.3, -0.25) is 4.90 Å². The van der Waals surface area contributed by atoms with Gasteiger partial charge in [0.1, 0.15) is 0 Å². The molecule has 2 rings (SSSR count). The van der Waals surface area contributed by atoms with Crippen molar-refractivity contribution in [3.05, 3.63) is 0 Å². The predicted octanol–water partition coefficient (Wildman–Crippen LogP) is 0.811. The van der Waals surface area contributed by atoms with E-state index in [4.69, 9.17) is 0 Å². The summed E-state index contributed by atoms with van der Waals surface area (Å²) in [4.78, 5) is 2.66. The lowest BCUT2D eigenvalue weighted by atomic mass is 10.2. The summed E-state index contributed by atoms with van der Waals surface area (Å²) in [6.07, 6.45) is 4.24. The topological polar surface area (TPSA) is 27.3 Å². The Labute approximate surface area is 93.6 Å². The van der Waals surface area contributed by atoms with E-state index in [0.717, 1.165) is 25.2 Å². The molecule has 0 spiro atoms. The second-order valence-corrected chi connectivity index (χ2v) is 5.27. The first-order valence-electron chi connectivity index (χ1n) is 6.46. The van der Waals surface area contributed by atoms with Crippen LogP contribution < -0.4 is 10.6 Å². The van der Waals surface area contributed by atoms with Gasteiger partial charge in [0.2, 0.25) is 0 Å². The summed E-state index contributed by atoms with van der Waals surface area (Å²) in [6, 6.07) is 2.31. The summed E-state index contributed by atoms with van der Waals surface area (Å²) in [5, 5.41) is 7.09. The van der Waals surface area contributed by atoms with Crippen molar-refractivity contribution in [2.24, 2.45) is 0 Å². The van der Waals surface area contributed by atoms with Crippen LogP contribution in [-0.4, -0.2) is 49.2 Å². The standard InChI is InChI=1S/C12H25N3/c1-10(2)13-6-7-14-11-5-8-15(9-11)12-3-4-12/h10-14H,3-9H2,1-2H3. The van der Waals surface area contributed by atoms with Crippen LogP contribution in [0.2, 0.25) is 0 Å². The van der Waals surface area contributed by atoms with Crippen LogP contribution in [-0.2, 0) is 0 Å². The van der Waals surface area contributed by atoms with Crippen molar-refractivity contribution < 1.29 is 0 Å². The highest BCUT2D eigenvalue weighted by atomic mass is 15.2. The molecule has 2 N–H and O–H groups in total. The van der Waals surface area contributed by atoms with E-state index in [1.54, 1.807) is 0 Å². The van der Waals surface area contributed by atoms with E-state index in [0.29, 0.717) is 6.04 Å². The van der Waals surface area contributed by atoms with Gasteiger partial charge in [-0.1, -0.05) is 13.8 Å². The molecular weight excluding hydrogens is 186 g/mol. The van der Waals surface area contributed by atoms with Gasteiger partial charge >= 0.3 is 0 Å². The molecule has 0 aromatic heterocycles. The molecule has 0 amide bonds. The average molecular weight is 211 g/mol. The Balaban J connectivity index is 1.52. The van der Waals surface area contributed by atoms with Crippen LogP contribution in [0.1, 0.15) is 33.1 Å². The Morgan fingerprint density at radius 2 is 2.00 bits per heavy atom. The molecule has 3 nitrogen and oxygen atoms in total. The third kappa shape index (κ3) is 3.74. The van der Waals surface area contributed by atoms with E-state index < -0.39 is 0 Å². The highest BCUT2D eigenvalue weighted by Gasteiger charge is 2.33. The molecule has 0 bridgehead atoms. The molecule has 88 valence electrons. The zero-order chi connectivity index (χ0) is 10.7. The smallest absolute Gasteiger partial charge is 0.0207 e. The summed E-state index contributed by atoms with van der Waals surface area (Å²) >= 11 is 0. The largest absolute Gasteiger partial charge is 0.313 e. The van der Waals surface area contributed by atoms with Crippen molar-refractivity contribution in [1.82, 2.24) is 15.5 Å². The molecule has 0 aromatic rings. The molecule has 1 aliphatic heterocycles. The zero-order valence-corrected chi connectivity index (χ0v) is 10.1. The molecule has 1 saturated heterocycles. The minimum Gasteiger partial charge on any atom is -0.313 e. The minimum atomic E-state index is 0.610. The maximum Gasteiger partial charge on any atom is 0.0207 e. The van der Waals surface area contributed by atoms with E-state index in [9.17, 15) is 0 Å². The van der Waals surface area contributed by atoms with Crippen LogP contribution >= 0.6 is 0 Å². The van der Waals surface area contributed by atoms with Gasteiger partial charge < -0.3 is 10.6 Å². The molecular formula is C12H25N3. The molecule has 3 heteroatoms. The average Bonchev–Trinajstić information content (AvgIpc) is 2.94. The van der Waals surface area contributed by atoms with Crippen LogP contribution in [0.15, 0.2) is 0 Å². The molecule has 0 aromatic carbocycles. The van der Waals surface area contributed by atoms with Crippen molar-refractivity contribution in [2.75, 3.05) is 26.2 Å². The third-order valence-corrected chi connectivity index (χ3v) is 3.39. The Bertz CT molecular complexity index is 189. The normalized spacial score (nSPS) is 27.8. The van der Waals surface area contributed by atoms with Crippen molar-refractivity contribution in [3.63, 3.8) is 0 Å². The number of hydrogen-bond acceptors (Lipinski definition) is 3. The number of nitrogens with one attached hydrogen (secondary N) is 2. The molecule has 1 saturated carbocycles. The van der Waals surface area contributed by atoms with Crippen molar-refractivity contribution >= 4 is 0 Å². The van der Waals surface area contributed by atoms with Gasteiger partial charge in [-0.2, -0.15) is 0 Å². The number of nitrogens with zero attached hydrogens (tertiary/aromatic N) is 1. The van der Waals surface area contributed by atoms with Gasteiger partial charge in [0.25, 0.3) is 0 Å². The number of rotatable bonds is 6. The monoisotopic (exact) mass is 211 g/mol. The fourth-order valence-corrected chi connectivity index (χ4v) is 2.36. The molecule has 2 aliphatic rings. The van der Waals surface area contributed by atoms with Gasteiger partial charge in [0, 0.05) is 44.3 Å². The van der Waals surface area contributed by atoms with Crippen LogP contribution in [0.25, 0.3) is 0 Å². The first kappa shape index (κ1) is 11.4. The lowest BCUT2D eigenvalue weighted by Gasteiger charge is -2.16. The maximum atomic E-state index is 3.65. The van der Waals surface area contributed by atoms with Crippen molar-refractivity contribution in [2.45, 2.75) is 51.2 Å². The van der Waals surface area contributed by atoms with E-state index >= 15 is 0 Å². The summed E-state index contributed by atoms with van der Waals surface area (Å²) in [7, 11) is 0. The molecule has 15 heavy (non-hydrogen) atoms. The van der Waals surface area contributed by atoms with Crippen LogP contribution in [0.5, 0.6) is 0 Å². The lowest BCUT2D eigenvalue weighted by Crippen LogP contribution is -2.38. The molecule has 1 aliphatic carbocycles. The second kappa shape index (κ2) is 5.28. The zero-order valence-electron chi connectivity index (χ0n) is 10.1. The first-order valence-corrected chi connectivity index (χ1v) is 6.46. The molecule has 1 heterocycles. The lowest BCUT2D eigenvalue weighted by molar-refractivity contribution is 0.317. The van der Waals surface area contributed by atoms with E-state index in [1.807, 2.05) is 0 Å². The number of hydrogen-bond donors (Lipinski definition) is 2. The Morgan fingerprint density at radius 1 is 1.20 bits per heavy atom. The number of likely N-dealkylation sites (tertiary alicyclic amines) is 1. The summed E-state index contributed by atoms with van der Waals surface area (Å²) < 4.78 is 0. The Hall–Kier alpha value is -0.120. The van der Waals surface area contributed by atoms with Gasteiger partial charge in [-0.15, -0.1) is 0 Å². The third-order valence-electron chi connectivity index (χ3n) is 3.39. The first-order chi connectivity index (χ1) is 7.25. The highest BCUT2D eigenvalue weighted by molar-refractivity contribution is 4.91. The van der Waals surface area contributed by atoms with Crippen molar-refractivity contribution in [1.29, 1.82) is 0 Å². The van der Waals surface area contributed by atoms with Crippen molar-refractivity contribution in [3.8, 4) is 0 Å². The van der Waals surface area contributed by atoms with E-state index in [1.165, 1.54) is 32.4 Å². The highest BCUT2D eigenvalue weighted by Crippen LogP contribution is 2.29. The molecule has 2 fully saturated rings. The summed E-state index contributed by atoms with van der Waals surface area (Å²) in [5.41, 5.74) is 0. The van der Waals surface area contributed by atoms with Gasteiger partial charge in [-0.25, -0.2) is 0 Å². The van der Waals surface area contributed by atoms with Gasteiger partial charge in [0.05, 0.1) is 0 Å². The maximum absolute atomic E-state index is 3.65. The van der Waals surface area contributed by atoms with Crippen LogP contribution in [0.3, 0.4) is 0 Å². The molecule has 0 radical (unpaired) electrons. The molecule has 1 unspecified atom stereocenters. The van der Waals surface area contributed by atoms with Gasteiger partial charge in [0.15, 0.2) is 0 Å². The Morgan fingerprint density at radius 3 is 2.67 bits per heavy atom. The van der Waals surface area contributed by atoms with E-state index in [2.05, 4.69) is 29.4 Å². The summed E-state index contributed by atoms with van der Waals surface area (Å²) in [6.45, 7) is 9.21. The molecule has 1 atom stereocenters. The predicted molar refractivity (Wildman–Crippen MR) is 64.1 cm³/mol. The summed E-state index contributed by atoms with van der Waals surface area (Å²) in [5.74, 6) is 0. The SMILES string of the molecule is CC(C)NCCNC1CCN(C2CC2)C1. The fourth-order valence-electron chi connectivity index (χ4n) is 2.36. The van der Waals surface area contributed by atoms with E-state index in [-0.39, 0.29) is 0 Å².